The zero-order chi connectivity index (χ0) is 15.3. The first-order valence-electron chi connectivity index (χ1n) is 6.87. The number of amides is 1. The van der Waals surface area contributed by atoms with Crippen LogP contribution >= 0.6 is 0 Å². The summed E-state index contributed by atoms with van der Waals surface area (Å²) in [5.74, 6) is -0.622. The van der Waals surface area contributed by atoms with Crippen molar-refractivity contribution in [2.24, 2.45) is 5.92 Å². The average Bonchev–Trinajstić information content (AvgIpc) is 2.47. The lowest BCUT2D eigenvalue weighted by atomic mass is 9.99. The topological polar surface area (TPSA) is 75.7 Å². The minimum atomic E-state index is -3.24. The van der Waals surface area contributed by atoms with Crippen LogP contribution in [0.1, 0.15) is 18.4 Å². The summed E-state index contributed by atoms with van der Waals surface area (Å²) in [5, 5.41) is 0. The Labute approximate surface area is 125 Å². The molecule has 2 rings (SSSR count). The molecule has 1 aliphatic heterocycles. The summed E-state index contributed by atoms with van der Waals surface area (Å²) in [6.45, 7) is 0.988. The second-order valence-corrected chi connectivity index (χ2v) is 7.18. The number of carbonyl (C=O) groups excluding carboxylic acids is 1. The Morgan fingerprint density at radius 2 is 2.10 bits per heavy atom. The van der Waals surface area contributed by atoms with E-state index in [0.717, 1.165) is 5.56 Å². The summed E-state index contributed by atoms with van der Waals surface area (Å²) in [4.78, 5) is 17.2. The SMILES string of the molecule is CS(=O)(=O)N1CCC[C@H](C(=O)NOCc2ccccc2)C1. The van der Waals surface area contributed by atoms with Crippen LogP contribution in [0.3, 0.4) is 0 Å². The monoisotopic (exact) mass is 312 g/mol. The first kappa shape index (κ1) is 15.9. The maximum atomic E-state index is 12.0. The summed E-state index contributed by atoms with van der Waals surface area (Å²) in [6.07, 6.45) is 2.52. The minimum absolute atomic E-state index is 0.222. The lowest BCUT2D eigenvalue weighted by Gasteiger charge is -2.29. The highest BCUT2D eigenvalue weighted by molar-refractivity contribution is 7.88. The van der Waals surface area contributed by atoms with Gasteiger partial charge in [-0.25, -0.2) is 18.2 Å². The molecular formula is C14H20N2O4S. The molecule has 0 spiro atoms. The molecule has 1 amide bonds. The Morgan fingerprint density at radius 3 is 2.76 bits per heavy atom. The van der Waals surface area contributed by atoms with Gasteiger partial charge in [0.15, 0.2) is 0 Å². The third-order valence-electron chi connectivity index (χ3n) is 3.48. The molecule has 116 valence electrons. The first-order valence-corrected chi connectivity index (χ1v) is 8.72. The van der Waals surface area contributed by atoms with Crippen molar-refractivity contribution >= 4 is 15.9 Å². The molecular weight excluding hydrogens is 292 g/mol. The average molecular weight is 312 g/mol. The highest BCUT2D eigenvalue weighted by atomic mass is 32.2. The number of sulfonamides is 1. The number of piperidine rings is 1. The Balaban J connectivity index is 1.80. The van der Waals surface area contributed by atoms with Crippen LogP contribution in [0.2, 0.25) is 0 Å². The van der Waals surface area contributed by atoms with E-state index >= 15 is 0 Å². The maximum Gasteiger partial charge on any atom is 0.247 e. The molecule has 6 nitrogen and oxygen atoms in total. The van der Waals surface area contributed by atoms with Crippen LogP contribution in [0.4, 0.5) is 0 Å². The molecule has 1 aliphatic rings. The van der Waals surface area contributed by atoms with Gasteiger partial charge in [-0.1, -0.05) is 30.3 Å². The standard InChI is InChI=1S/C14H20N2O4S/c1-21(18,19)16-9-5-8-13(10-16)14(17)15-20-11-12-6-3-2-4-7-12/h2-4,6-7,13H,5,8-11H2,1H3,(H,15,17)/t13-/m0/s1. The van der Waals surface area contributed by atoms with E-state index in [0.29, 0.717) is 19.4 Å². The van der Waals surface area contributed by atoms with Gasteiger partial charge in [-0.2, -0.15) is 0 Å². The number of hydrogen-bond acceptors (Lipinski definition) is 4. The van der Waals surface area contributed by atoms with Crippen molar-refractivity contribution in [3.63, 3.8) is 0 Å². The van der Waals surface area contributed by atoms with Gasteiger partial charge >= 0.3 is 0 Å². The molecule has 1 heterocycles. The van der Waals surface area contributed by atoms with Crippen molar-refractivity contribution in [1.82, 2.24) is 9.79 Å². The number of rotatable bonds is 5. The lowest BCUT2D eigenvalue weighted by Crippen LogP contribution is -2.45. The Morgan fingerprint density at radius 1 is 1.38 bits per heavy atom. The van der Waals surface area contributed by atoms with Gasteiger partial charge < -0.3 is 0 Å². The summed E-state index contributed by atoms with van der Waals surface area (Å²) in [5.41, 5.74) is 3.37. The zero-order valence-electron chi connectivity index (χ0n) is 12.0. The quantitative estimate of drug-likeness (QED) is 0.820. The fourth-order valence-electron chi connectivity index (χ4n) is 2.31. The van der Waals surface area contributed by atoms with Crippen LogP contribution < -0.4 is 5.48 Å². The third kappa shape index (κ3) is 4.80. The van der Waals surface area contributed by atoms with Gasteiger partial charge in [0.2, 0.25) is 15.9 Å². The fourth-order valence-corrected chi connectivity index (χ4v) is 3.22. The van der Waals surface area contributed by atoms with E-state index in [-0.39, 0.29) is 25.0 Å². The van der Waals surface area contributed by atoms with Gasteiger partial charge in [-0.05, 0) is 18.4 Å². The highest BCUT2D eigenvalue weighted by Crippen LogP contribution is 2.18. The van der Waals surface area contributed by atoms with Gasteiger partial charge in [0.05, 0.1) is 18.8 Å². The summed E-state index contributed by atoms with van der Waals surface area (Å²) in [7, 11) is -3.24. The molecule has 1 atom stereocenters. The largest absolute Gasteiger partial charge is 0.272 e. The number of hydrogen-bond donors (Lipinski definition) is 1. The third-order valence-corrected chi connectivity index (χ3v) is 4.75. The van der Waals surface area contributed by atoms with Gasteiger partial charge in [0, 0.05) is 13.1 Å². The van der Waals surface area contributed by atoms with Crippen LogP contribution in [-0.4, -0.2) is 38.0 Å². The van der Waals surface area contributed by atoms with Crippen molar-refractivity contribution in [3.05, 3.63) is 35.9 Å². The van der Waals surface area contributed by atoms with E-state index in [9.17, 15) is 13.2 Å². The molecule has 1 aromatic rings. The first-order chi connectivity index (χ1) is 9.97. The minimum Gasteiger partial charge on any atom is -0.272 e. The summed E-state index contributed by atoms with van der Waals surface area (Å²) >= 11 is 0. The zero-order valence-corrected chi connectivity index (χ0v) is 12.8. The predicted molar refractivity (Wildman–Crippen MR) is 78.5 cm³/mol. The fraction of sp³-hybridized carbons (Fsp3) is 0.500. The Bertz CT molecular complexity index is 574. The van der Waals surface area contributed by atoms with Gasteiger partial charge in [-0.3, -0.25) is 9.63 Å². The van der Waals surface area contributed by atoms with E-state index in [1.807, 2.05) is 30.3 Å². The second kappa shape index (κ2) is 7.02. The summed E-state index contributed by atoms with van der Waals surface area (Å²) < 4.78 is 24.4. The number of benzene rings is 1. The number of carbonyl (C=O) groups is 1. The smallest absolute Gasteiger partial charge is 0.247 e. The molecule has 0 radical (unpaired) electrons. The molecule has 1 fully saturated rings. The van der Waals surface area contributed by atoms with Crippen molar-refractivity contribution in [1.29, 1.82) is 0 Å². The van der Waals surface area contributed by atoms with Gasteiger partial charge in [-0.15, -0.1) is 0 Å². The molecule has 21 heavy (non-hydrogen) atoms. The normalized spacial score (nSPS) is 20.1. The Hall–Kier alpha value is -1.44. The molecule has 0 bridgehead atoms. The molecule has 1 aromatic carbocycles. The van der Waals surface area contributed by atoms with Crippen molar-refractivity contribution in [3.8, 4) is 0 Å². The highest BCUT2D eigenvalue weighted by Gasteiger charge is 2.30. The van der Waals surface area contributed by atoms with Crippen molar-refractivity contribution < 1.29 is 18.0 Å². The van der Waals surface area contributed by atoms with E-state index in [1.54, 1.807) is 0 Å². The van der Waals surface area contributed by atoms with E-state index in [1.165, 1.54) is 10.6 Å². The Kier molecular flexibility index (Phi) is 5.33. The van der Waals surface area contributed by atoms with E-state index < -0.39 is 10.0 Å². The van der Waals surface area contributed by atoms with Gasteiger partial charge in [0.25, 0.3) is 0 Å². The molecule has 0 unspecified atom stereocenters. The molecule has 7 heteroatoms. The van der Waals surface area contributed by atoms with Crippen LogP contribution in [0.15, 0.2) is 30.3 Å². The van der Waals surface area contributed by atoms with E-state index in [2.05, 4.69) is 5.48 Å². The molecule has 1 saturated heterocycles. The van der Waals surface area contributed by atoms with Crippen LogP contribution in [0.25, 0.3) is 0 Å². The van der Waals surface area contributed by atoms with E-state index in [4.69, 9.17) is 4.84 Å². The molecule has 0 aromatic heterocycles. The van der Waals surface area contributed by atoms with Gasteiger partial charge in [0.1, 0.15) is 0 Å². The lowest BCUT2D eigenvalue weighted by molar-refractivity contribution is -0.139. The molecule has 0 aliphatic carbocycles. The predicted octanol–water partition coefficient (Wildman–Crippen LogP) is 0.906. The van der Waals surface area contributed by atoms with Crippen LogP contribution in [0, 0.1) is 5.92 Å². The maximum absolute atomic E-state index is 12.0. The van der Waals surface area contributed by atoms with Crippen LogP contribution in [-0.2, 0) is 26.3 Å². The van der Waals surface area contributed by atoms with Crippen molar-refractivity contribution in [2.75, 3.05) is 19.3 Å². The number of nitrogens with zero attached hydrogens (tertiary/aromatic N) is 1. The summed E-state index contributed by atoms with van der Waals surface area (Å²) in [6, 6.07) is 9.50. The van der Waals surface area contributed by atoms with Crippen LogP contribution in [0.5, 0.6) is 0 Å². The second-order valence-electron chi connectivity index (χ2n) is 5.20. The van der Waals surface area contributed by atoms with Crippen molar-refractivity contribution in [2.45, 2.75) is 19.4 Å². The molecule has 0 saturated carbocycles. The molecule has 1 N–H and O–H groups in total. The number of nitrogens with one attached hydrogen (secondary N) is 1. The number of hydroxylamine groups is 1.